The lowest BCUT2D eigenvalue weighted by atomic mass is 9.73. The maximum atomic E-state index is 9.38. The number of halogens is 1. The molecule has 2 aromatic carbocycles. The van der Waals surface area contributed by atoms with E-state index in [0.29, 0.717) is 11.2 Å². The summed E-state index contributed by atoms with van der Waals surface area (Å²) < 4.78 is 0. The number of rotatable bonds is 7. The predicted octanol–water partition coefficient (Wildman–Crippen LogP) is 6.76. The molecule has 0 atom stereocenters. The SMILES string of the molecule is CC(C)(CCc1ccc(O)cc1)CCC(C)(C)c1ccc(Cl)cc1. The Balaban J connectivity index is 1.90. The molecule has 0 aliphatic rings. The number of phenols is 1. The van der Waals surface area contributed by atoms with Gasteiger partial charge in [-0.25, -0.2) is 0 Å². The quantitative estimate of drug-likeness (QED) is 0.588. The van der Waals surface area contributed by atoms with E-state index in [0.717, 1.165) is 24.3 Å². The van der Waals surface area contributed by atoms with Crippen LogP contribution in [0.1, 0.15) is 58.1 Å². The normalized spacial score (nSPS) is 12.4. The Kier molecular flexibility index (Phi) is 5.98. The molecular weight excluding hydrogens is 316 g/mol. The van der Waals surface area contributed by atoms with E-state index in [1.165, 1.54) is 17.5 Å². The van der Waals surface area contributed by atoms with E-state index in [1.807, 2.05) is 24.3 Å². The van der Waals surface area contributed by atoms with Crippen molar-refractivity contribution in [1.82, 2.24) is 0 Å². The highest BCUT2D eigenvalue weighted by molar-refractivity contribution is 6.30. The van der Waals surface area contributed by atoms with E-state index in [-0.39, 0.29) is 5.41 Å². The van der Waals surface area contributed by atoms with Crippen LogP contribution in [-0.4, -0.2) is 5.11 Å². The molecule has 130 valence electrons. The molecular formula is C22H29ClO. The van der Waals surface area contributed by atoms with Gasteiger partial charge in [-0.2, -0.15) is 0 Å². The molecule has 0 aliphatic carbocycles. The first-order valence-corrected chi connectivity index (χ1v) is 9.10. The first-order valence-electron chi connectivity index (χ1n) is 8.72. The summed E-state index contributed by atoms with van der Waals surface area (Å²) in [6.07, 6.45) is 4.53. The van der Waals surface area contributed by atoms with Gasteiger partial charge in [0.15, 0.2) is 0 Å². The van der Waals surface area contributed by atoms with E-state index >= 15 is 0 Å². The van der Waals surface area contributed by atoms with Crippen LogP contribution < -0.4 is 0 Å². The highest BCUT2D eigenvalue weighted by Crippen LogP contribution is 2.36. The lowest BCUT2D eigenvalue weighted by molar-refractivity contribution is 0.267. The van der Waals surface area contributed by atoms with Crippen LogP contribution in [0.4, 0.5) is 0 Å². The number of hydrogen-bond donors (Lipinski definition) is 1. The summed E-state index contributed by atoms with van der Waals surface area (Å²) >= 11 is 6.00. The van der Waals surface area contributed by atoms with E-state index in [9.17, 15) is 5.11 Å². The molecule has 1 nitrogen and oxygen atoms in total. The Hall–Kier alpha value is -1.47. The van der Waals surface area contributed by atoms with Crippen molar-refractivity contribution in [3.05, 3.63) is 64.7 Å². The third-order valence-electron chi connectivity index (χ3n) is 5.08. The van der Waals surface area contributed by atoms with Crippen molar-refractivity contribution in [2.24, 2.45) is 5.41 Å². The fourth-order valence-corrected chi connectivity index (χ4v) is 3.09. The van der Waals surface area contributed by atoms with Crippen LogP contribution in [0.5, 0.6) is 5.75 Å². The van der Waals surface area contributed by atoms with Crippen molar-refractivity contribution in [2.75, 3.05) is 0 Å². The van der Waals surface area contributed by atoms with Gasteiger partial charge in [-0.15, -0.1) is 0 Å². The van der Waals surface area contributed by atoms with E-state index in [1.54, 1.807) is 12.1 Å². The summed E-state index contributed by atoms with van der Waals surface area (Å²) in [5.74, 6) is 0.336. The summed E-state index contributed by atoms with van der Waals surface area (Å²) in [5, 5.41) is 10.2. The molecule has 0 saturated heterocycles. The topological polar surface area (TPSA) is 20.2 Å². The molecule has 2 rings (SSSR count). The summed E-state index contributed by atoms with van der Waals surface area (Å²) in [4.78, 5) is 0. The molecule has 24 heavy (non-hydrogen) atoms. The smallest absolute Gasteiger partial charge is 0.115 e. The van der Waals surface area contributed by atoms with Gasteiger partial charge in [-0.05, 0) is 71.9 Å². The Labute approximate surface area is 151 Å². The molecule has 0 spiro atoms. The van der Waals surface area contributed by atoms with Crippen LogP contribution >= 0.6 is 11.6 Å². The zero-order valence-corrected chi connectivity index (χ0v) is 16.0. The minimum absolute atomic E-state index is 0.153. The second-order valence-corrected chi connectivity index (χ2v) is 8.66. The lowest BCUT2D eigenvalue weighted by Crippen LogP contribution is -2.22. The van der Waals surface area contributed by atoms with Crippen molar-refractivity contribution in [3.63, 3.8) is 0 Å². The predicted molar refractivity (Wildman–Crippen MR) is 104 cm³/mol. The van der Waals surface area contributed by atoms with Gasteiger partial charge >= 0.3 is 0 Å². The second-order valence-electron chi connectivity index (χ2n) is 8.22. The van der Waals surface area contributed by atoms with Crippen molar-refractivity contribution in [1.29, 1.82) is 0 Å². The van der Waals surface area contributed by atoms with Gasteiger partial charge in [-0.1, -0.05) is 63.6 Å². The molecule has 1 N–H and O–H groups in total. The minimum Gasteiger partial charge on any atom is -0.508 e. The zero-order chi connectivity index (χ0) is 17.8. The third kappa shape index (κ3) is 5.56. The van der Waals surface area contributed by atoms with Crippen LogP contribution in [0, 0.1) is 5.41 Å². The number of aryl methyl sites for hydroxylation is 1. The number of hydrogen-bond acceptors (Lipinski definition) is 1. The average Bonchev–Trinajstić information content (AvgIpc) is 2.53. The highest BCUT2D eigenvalue weighted by Gasteiger charge is 2.25. The Morgan fingerprint density at radius 3 is 1.96 bits per heavy atom. The third-order valence-corrected chi connectivity index (χ3v) is 5.33. The second kappa shape index (κ2) is 7.61. The summed E-state index contributed by atoms with van der Waals surface area (Å²) in [5.41, 5.74) is 3.08. The van der Waals surface area contributed by atoms with Crippen LogP contribution in [0.25, 0.3) is 0 Å². The molecule has 0 saturated carbocycles. The fourth-order valence-electron chi connectivity index (χ4n) is 2.97. The van der Waals surface area contributed by atoms with Gasteiger partial charge < -0.3 is 5.11 Å². The van der Waals surface area contributed by atoms with E-state index < -0.39 is 0 Å². The van der Waals surface area contributed by atoms with Gasteiger partial charge in [0.05, 0.1) is 0 Å². The van der Waals surface area contributed by atoms with Crippen LogP contribution in [0.3, 0.4) is 0 Å². The molecule has 0 unspecified atom stereocenters. The van der Waals surface area contributed by atoms with E-state index in [2.05, 4.69) is 39.8 Å². The van der Waals surface area contributed by atoms with Gasteiger partial charge in [0, 0.05) is 5.02 Å². The first-order chi connectivity index (χ1) is 11.2. The average molecular weight is 345 g/mol. The zero-order valence-electron chi connectivity index (χ0n) is 15.3. The van der Waals surface area contributed by atoms with Gasteiger partial charge in [0.2, 0.25) is 0 Å². The van der Waals surface area contributed by atoms with Gasteiger partial charge in [0.25, 0.3) is 0 Å². The summed E-state index contributed by atoms with van der Waals surface area (Å²) in [6, 6.07) is 15.8. The summed E-state index contributed by atoms with van der Waals surface area (Å²) in [7, 11) is 0. The van der Waals surface area contributed by atoms with Crippen molar-refractivity contribution >= 4 is 11.6 Å². The molecule has 2 heteroatoms. The molecule has 2 aromatic rings. The Morgan fingerprint density at radius 1 is 0.792 bits per heavy atom. The molecule has 0 bridgehead atoms. The number of phenolic OH excluding ortho intramolecular Hbond substituents is 1. The lowest BCUT2D eigenvalue weighted by Gasteiger charge is -2.32. The van der Waals surface area contributed by atoms with Crippen molar-refractivity contribution in [2.45, 2.75) is 58.8 Å². The molecule has 0 aliphatic heterocycles. The van der Waals surface area contributed by atoms with Gasteiger partial charge in [-0.3, -0.25) is 0 Å². The monoisotopic (exact) mass is 344 g/mol. The molecule has 0 fully saturated rings. The maximum absolute atomic E-state index is 9.38. The van der Waals surface area contributed by atoms with Crippen LogP contribution in [0.2, 0.25) is 5.02 Å². The van der Waals surface area contributed by atoms with Crippen molar-refractivity contribution in [3.8, 4) is 5.75 Å². The molecule has 0 amide bonds. The first kappa shape index (κ1) is 18.9. The van der Waals surface area contributed by atoms with Gasteiger partial charge in [0.1, 0.15) is 5.75 Å². The number of aromatic hydroxyl groups is 1. The largest absolute Gasteiger partial charge is 0.508 e. The van der Waals surface area contributed by atoms with Crippen molar-refractivity contribution < 1.29 is 5.11 Å². The fraction of sp³-hybridized carbons (Fsp3) is 0.455. The summed E-state index contributed by atoms with van der Waals surface area (Å²) in [6.45, 7) is 9.33. The van der Waals surface area contributed by atoms with E-state index in [4.69, 9.17) is 11.6 Å². The number of benzene rings is 2. The molecule has 0 radical (unpaired) electrons. The van der Waals surface area contributed by atoms with Crippen LogP contribution in [-0.2, 0) is 11.8 Å². The highest BCUT2D eigenvalue weighted by atomic mass is 35.5. The minimum atomic E-state index is 0.153. The maximum Gasteiger partial charge on any atom is 0.115 e. The molecule has 0 heterocycles. The standard InChI is InChI=1S/C22H29ClO/c1-21(2,14-13-17-5-11-20(24)12-6-17)15-16-22(3,4)18-7-9-19(23)10-8-18/h5-12,24H,13-16H2,1-4H3. The Morgan fingerprint density at radius 2 is 1.38 bits per heavy atom. The Bertz CT molecular complexity index is 639. The van der Waals surface area contributed by atoms with Crippen LogP contribution in [0.15, 0.2) is 48.5 Å². The molecule has 0 aromatic heterocycles.